The van der Waals surface area contributed by atoms with Gasteiger partial charge in [-0.15, -0.1) is 0 Å². The SMILES string of the molecule is C=CC(=O)N1CCN(c2c(C#N)c(-c3cccc(C(C)N(C)C)c3)nc3c(F)c(-c4ccc(F)c(S/C(N)=N\C)c4)c(Cl)cc23)CC1. The lowest BCUT2D eigenvalue weighted by Gasteiger charge is -2.37. The Labute approximate surface area is 282 Å². The van der Waals surface area contributed by atoms with Gasteiger partial charge >= 0.3 is 0 Å². The Kier molecular flexibility index (Phi) is 10.2. The number of hydrogen-bond acceptors (Lipinski definition) is 7. The number of pyridine rings is 1. The molecule has 1 aromatic heterocycles. The molecule has 8 nitrogen and oxygen atoms in total. The summed E-state index contributed by atoms with van der Waals surface area (Å²) in [5.74, 6) is -1.43. The molecule has 1 fully saturated rings. The van der Waals surface area contributed by atoms with Gasteiger partial charge in [-0.3, -0.25) is 9.79 Å². The Morgan fingerprint density at radius 2 is 1.89 bits per heavy atom. The van der Waals surface area contributed by atoms with Crippen molar-refractivity contribution in [2.24, 2.45) is 10.7 Å². The first-order chi connectivity index (χ1) is 22.5. The lowest BCUT2D eigenvalue weighted by Crippen LogP contribution is -2.48. The third-order valence-corrected chi connectivity index (χ3v) is 9.63. The predicted octanol–water partition coefficient (Wildman–Crippen LogP) is 6.87. The molecule has 1 unspecified atom stereocenters. The van der Waals surface area contributed by atoms with E-state index in [1.54, 1.807) is 11.0 Å². The summed E-state index contributed by atoms with van der Waals surface area (Å²) in [6, 6.07) is 15.9. The number of piperazine rings is 1. The fourth-order valence-electron chi connectivity index (χ4n) is 5.64. The van der Waals surface area contributed by atoms with Crippen molar-refractivity contribution in [2.75, 3.05) is 52.2 Å². The predicted molar refractivity (Wildman–Crippen MR) is 187 cm³/mol. The minimum atomic E-state index is -0.711. The van der Waals surface area contributed by atoms with E-state index in [0.717, 1.165) is 17.3 Å². The number of carbonyl (C=O) groups is 1. The molecule has 0 spiro atoms. The summed E-state index contributed by atoms with van der Waals surface area (Å²) in [5, 5.41) is 11.2. The van der Waals surface area contributed by atoms with Gasteiger partial charge in [0.25, 0.3) is 0 Å². The van der Waals surface area contributed by atoms with Gasteiger partial charge in [0.05, 0.1) is 21.3 Å². The summed E-state index contributed by atoms with van der Waals surface area (Å²) in [6.07, 6.45) is 1.28. The van der Waals surface area contributed by atoms with Crippen LogP contribution in [0.4, 0.5) is 14.5 Å². The highest BCUT2D eigenvalue weighted by atomic mass is 35.5. The second-order valence-corrected chi connectivity index (χ2v) is 12.8. The number of nitrogens with zero attached hydrogens (tertiary/aromatic N) is 6. The zero-order valence-electron chi connectivity index (χ0n) is 26.5. The van der Waals surface area contributed by atoms with Crippen LogP contribution in [0.5, 0.6) is 0 Å². The fraction of sp³-hybridized carbons (Fsp3) is 0.257. The lowest BCUT2D eigenvalue weighted by atomic mass is 9.95. The van der Waals surface area contributed by atoms with Crippen LogP contribution in [0.2, 0.25) is 5.02 Å². The third kappa shape index (κ3) is 6.67. The summed E-state index contributed by atoms with van der Waals surface area (Å²) in [5.41, 5.74) is 8.95. The molecule has 242 valence electrons. The van der Waals surface area contributed by atoms with Gasteiger partial charge < -0.3 is 20.4 Å². The highest BCUT2D eigenvalue weighted by Gasteiger charge is 2.29. The fourth-order valence-corrected chi connectivity index (χ4v) is 6.61. The third-order valence-electron chi connectivity index (χ3n) is 8.41. The van der Waals surface area contributed by atoms with Gasteiger partial charge in [-0.25, -0.2) is 13.8 Å². The van der Waals surface area contributed by atoms with Gasteiger partial charge in [-0.2, -0.15) is 5.26 Å². The second kappa shape index (κ2) is 14.1. The summed E-state index contributed by atoms with van der Waals surface area (Å²) in [4.78, 5) is 26.9. The normalized spacial score (nSPS) is 14.4. The van der Waals surface area contributed by atoms with E-state index in [0.29, 0.717) is 54.1 Å². The molecule has 1 saturated heterocycles. The van der Waals surface area contributed by atoms with Gasteiger partial charge in [-0.1, -0.05) is 42.4 Å². The van der Waals surface area contributed by atoms with E-state index >= 15 is 4.39 Å². The molecule has 0 bridgehead atoms. The summed E-state index contributed by atoms with van der Waals surface area (Å²) < 4.78 is 31.6. The van der Waals surface area contributed by atoms with E-state index in [9.17, 15) is 14.4 Å². The maximum absolute atomic E-state index is 16.9. The number of anilines is 1. The maximum atomic E-state index is 16.9. The molecule has 2 heterocycles. The summed E-state index contributed by atoms with van der Waals surface area (Å²) in [6.45, 7) is 7.22. The molecule has 2 N–H and O–H groups in total. The minimum absolute atomic E-state index is 0.0113. The number of nitriles is 1. The molecule has 0 saturated carbocycles. The molecule has 1 aliphatic rings. The maximum Gasteiger partial charge on any atom is 0.246 e. The first kappa shape index (κ1) is 33.9. The van der Waals surface area contributed by atoms with Crippen molar-refractivity contribution >= 4 is 51.0 Å². The second-order valence-electron chi connectivity index (χ2n) is 11.3. The largest absolute Gasteiger partial charge is 0.378 e. The van der Waals surface area contributed by atoms with E-state index in [1.807, 2.05) is 43.3 Å². The van der Waals surface area contributed by atoms with Crippen LogP contribution in [0.25, 0.3) is 33.3 Å². The lowest BCUT2D eigenvalue weighted by molar-refractivity contribution is -0.126. The molecule has 47 heavy (non-hydrogen) atoms. The van der Waals surface area contributed by atoms with Crippen LogP contribution >= 0.6 is 23.4 Å². The molecule has 0 aliphatic carbocycles. The number of carbonyl (C=O) groups excluding carboxylic acids is 1. The number of rotatable bonds is 7. The topological polar surface area (TPSA) is 102 Å². The smallest absolute Gasteiger partial charge is 0.246 e. The molecule has 5 rings (SSSR count). The van der Waals surface area contributed by atoms with Gasteiger partial charge in [0, 0.05) is 55.8 Å². The number of fused-ring (bicyclic) bond motifs is 1. The number of halogens is 3. The highest BCUT2D eigenvalue weighted by Crippen LogP contribution is 2.43. The molecule has 4 aromatic rings. The molecule has 1 aliphatic heterocycles. The first-order valence-corrected chi connectivity index (χ1v) is 16.1. The summed E-state index contributed by atoms with van der Waals surface area (Å²) >= 11 is 7.73. The summed E-state index contributed by atoms with van der Waals surface area (Å²) in [7, 11) is 5.45. The van der Waals surface area contributed by atoms with Crippen molar-refractivity contribution in [1.29, 1.82) is 5.26 Å². The monoisotopic (exact) mass is 673 g/mol. The van der Waals surface area contributed by atoms with E-state index in [-0.39, 0.29) is 43.7 Å². The number of amides is 1. The Morgan fingerprint density at radius 1 is 1.17 bits per heavy atom. The van der Waals surface area contributed by atoms with Crippen LogP contribution in [0.3, 0.4) is 0 Å². The van der Waals surface area contributed by atoms with Crippen molar-refractivity contribution < 1.29 is 13.6 Å². The number of aromatic nitrogens is 1. The number of thioether (sulfide) groups is 1. The Hall–Kier alpha value is -4.50. The van der Waals surface area contributed by atoms with Gasteiger partial charge in [0.2, 0.25) is 5.91 Å². The molecule has 0 radical (unpaired) electrons. The van der Waals surface area contributed by atoms with Crippen molar-refractivity contribution in [3.05, 3.63) is 89.0 Å². The van der Waals surface area contributed by atoms with Crippen LogP contribution in [-0.2, 0) is 4.79 Å². The van der Waals surface area contributed by atoms with Crippen LogP contribution < -0.4 is 10.6 Å². The molecular formula is C35H34ClF2N7OS. The average molecular weight is 674 g/mol. The Morgan fingerprint density at radius 3 is 2.53 bits per heavy atom. The Bertz CT molecular complexity index is 1950. The molecule has 1 amide bonds. The van der Waals surface area contributed by atoms with E-state index < -0.39 is 11.6 Å². The number of aliphatic imine (C=N–C) groups is 1. The zero-order chi connectivity index (χ0) is 34.0. The highest BCUT2D eigenvalue weighted by molar-refractivity contribution is 8.13. The van der Waals surface area contributed by atoms with Crippen molar-refractivity contribution in [3.63, 3.8) is 0 Å². The first-order valence-electron chi connectivity index (χ1n) is 14.9. The standard InChI is InChI=1S/C35H34ClF2N7OS/c1-6-29(46)44-12-14-45(15-13-44)34-24-18-26(36)30(22-10-11-27(37)28(17-22)47-35(40)41-3)31(38)33(24)42-32(25(34)19-39)23-9-7-8-21(16-23)20(2)43(4)5/h6-11,16-18,20H,1,12-15H2,2-5H3,(H2,40,41). The van der Waals surface area contributed by atoms with Crippen LogP contribution in [0.15, 0.2) is 71.1 Å². The van der Waals surface area contributed by atoms with E-state index in [1.165, 1.54) is 31.3 Å². The Balaban J connectivity index is 1.77. The minimum Gasteiger partial charge on any atom is -0.378 e. The molecular weight excluding hydrogens is 640 g/mol. The van der Waals surface area contributed by atoms with Gasteiger partial charge in [0.1, 0.15) is 23.0 Å². The molecule has 12 heteroatoms. The van der Waals surface area contributed by atoms with Crippen molar-refractivity contribution in [3.8, 4) is 28.5 Å². The van der Waals surface area contributed by atoms with Gasteiger partial charge in [0.15, 0.2) is 11.0 Å². The zero-order valence-corrected chi connectivity index (χ0v) is 28.1. The quantitative estimate of drug-likeness (QED) is 0.0989. The molecule has 3 aromatic carbocycles. The van der Waals surface area contributed by atoms with Gasteiger partial charge in [-0.05, 0) is 74.2 Å². The van der Waals surface area contributed by atoms with E-state index in [2.05, 4.69) is 29.5 Å². The molecule has 1 atom stereocenters. The van der Waals surface area contributed by atoms with Crippen LogP contribution in [-0.4, -0.2) is 73.2 Å². The number of nitrogens with two attached hydrogens (primary N) is 1. The number of amidine groups is 1. The average Bonchev–Trinajstić information content (AvgIpc) is 3.08. The van der Waals surface area contributed by atoms with Crippen LogP contribution in [0.1, 0.15) is 24.1 Å². The van der Waals surface area contributed by atoms with Crippen molar-refractivity contribution in [1.82, 2.24) is 14.8 Å². The van der Waals surface area contributed by atoms with Crippen molar-refractivity contribution in [2.45, 2.75) is 17.9 Å². The van der Waals surface area contributed by atoms with E-state index in [4.69, 9.17) is 22.3 Å². The number of benzene rings is 3. The number of hydrogen-bond donors (Lipinski definition) is 1. The van der Waals surface area contributed by atoms with Crippen LogP contribution in [0, 0.1) is 23.0 Å².